The molecule has 0 bridgehead atoms. The summed E-state index contributed by atoms with van der Waals surface area (Å²) >= 11 is 0. The standard InChI is InChI=1S/C15H31NO2/c1-7-8-16-14(9-17-10(2)3)15-11(4)12(5)18-13(15)6/h10-16H,7-9H2,1-6H3. The Balaban J connectivity index is 2.62. The van der Waals surface area contributed by atoms with E-state index in [0.717, 1.165) is 19.6 Å². The molecule has 5 atom stereocenters. The van der Waals surface area contributed by atoms with Crippen LogP contribution in [0.25, 0.3) is 0 Å². The Morgan fingerprint density at radius 3 is 2.28 bits per heavy atom. The van der Waals surface area contributed by atoms with Gasteiger partial charge in [-0.05, 0) is 46.6 Å². The van der Waals surface area contributed by atoms with Crippen LogP contribution in [-0.4, -0.2) is 37.5 Å². The first-order chi connectivity index (χ1) is 8.47. The molecule has 1 saturated heterocycles. The highest BCUT2D eigenvalue weighted by atomic mass is 16.5. The van der Waals surface area contributed by atoms with Gasteiger partial charge in [0.15, 0.2) is 0 Å². The third kappa shape index (κ3) is 4.22. The molecule has 0 radical (unpaired) electrons. The van der Waals surface area contributed by atoms with E-state index in [1.807, 2.05) is 0 Å². The third-order valence-corrected chi connectivity index (χ3v) is 4.05. The Kier molecular flexibility index (Phi) is 6.61. The van der Waals surface area contributed by atoms with E-state index in [4.69, 9.17) is 9.47 Å². The molecule has 1 aliphatic rings. The second-order valence-electron chi connectivity index (χ2n) is 5.93. The molecule has 1 fully saturated rings. The molecule has 3 heteroatoms. The molecule has 1 N–H and O–H groups in total. The number of ether oxygens (including phenoxy) is 2. The van der Waals surface area contributed by atoms with E-state index in [-0.39, 0.29) is 0 Å². The fraction of sp³-hybridized carbons (Fsp3) is 1.00. The van der Waals surface area contributed by atoms with Gasteiger partial charge in [0.1, 0.15) is 0 Å². The third-order valence-electron chi connectivity index (χ3n) is 4.05. The van der Waals surface area contributed by atoms with Crippen molar-refractivity contribution in [1.29, 1.82) is 0 Å². The van der Waals surface area contributed by atoms with Crippen molar-refractivity contribution in [3.8, 4) is 0 Å². The van der Waals surface area contributed by atoms with Crippen LogP contribution < -0.4 is 5.32 Å². The smallest absolute Gasteiger partial charge is 0.0626 e. The van der Waals surface area contributed by atoms with Crippen molar-refractivity contribution in [3.05, 3.63) is 0 Å². The molecule has 108 valence electrons. The fourth-order valence-electron chi connectivity index (χ4n) is 2.92. The number of hydrogen-bond donors (Lipinski definition) is 1. The number of hydrogen-bond acceptors (Lipinski definition) is 3. The van der Waals surface area contributed by atoms with Crippen LogP contribution in [0, 0.1) is 11.8 Å². The van der Waals surface area contributed by atoms with Gasteiger partial charge in [-0.2, -0.15) is 0 Å². The summed E-state index contributed by atoms with van der Waals surface area (Å²) in [4.78, 5) is 0. The molecule has 0 spiro atoms. The second-order valence-corrected chi connectivity index (χ2v) is 5.93. The highest BCUT2D eigenvalue weighted by Crippen LogP contribution is 2.34. The zero-order chi connectivity index (χ0) is 13.7. The first-order valence-electron chi connectivity index (χ1n) is 7.47. The van der Waals surface area contributed by atoms with Crippen molar-refractivity contribution in [2.45, 2.75) is 72.3 Å². The number of rotatable bonds is 7. The summed E-state index contributed by atoms with van der Waals surface area (Å²) in [6.45, 7) is 14.9. The van der Waals surface area contributed by atoms with Gasteiger partial charge in [-0.1, -0.05) is 13.8 Å². The topological polar surface area (TPSA) is 30.5 Å². The Morgan fingerprint density at radius 1 is 1.17 bits per heavy atom. The summed E-state index contributed by atoms with van der Waals surface area (Å²) in [6.07, 6.45) is 2.13. The van der Waals surface area contributed by atoms with E-state index in [2.05, 4.69) is 46.9 Å². The summed E-state index contributed by atoms with van der Waals surface area (Å²) in [5.41, 5.74) is 0. The quantitative estimate of drug-likeness (QED) is 0.761. The summed E-state index contributed by atoms with van der Waals surface area (Å²) in [5.74, 6) is 1.13. The molecular formula is C15H31NO2. The van der Waals surface area contributed by atoms with E-state index >= 15 is 0 Å². The first-order valence-corrected chi connectivity index (χ1v) is 7.47. The van der Waals surface area contributed by atoms with Gasteiger partial charge in [0, 0.05) is 12.0 Å². The molecule has 0 aromatic carbocycles. The highest BCUT2D eigenvalue weighted by Gasteiger charge is 2.41. The first kappa shape index (κ1) is 15.9. The molecule has 0 amide bonds. The maximum absolute atomic E-state index is 5.96. The normalized spacial score (nSPS) is 34.2. The van der Waals surface area contributed by atoms with Crippen LogP contribution >= 0.6 is 0 Å². The minimum Gasteiger partial charge on any atom is -0.377 e. The molecule has 0 saturated carbocycles. The molecule has 1 aliphatic heterocycles. The lowest BCUT2D eigenvalue weighted by molar-refractivity contribution is 0.0221. The fourth-order valence-corrected chi connectivity index (χ4v) is 2.92. The minimum atomic E-state index is 0.293. The lowest BCUT2D eigenvalue weighted by Crippen LogP contribution is -2.45. The van der Waals surface area contributed by atoms with Crippen LogP contribution in [0.3, 0.4) is 0 Å². The van der Waals surface area contributed by atoms with Gasteiger partial charge in [-0.15, -0.1) is 0 Å². The molecular weight excluding hydrogens is 226 g/mol. The predicted molar refractivity (Wildman–Crippen MR) is 75.8 cm³/mol. The van der Waals surface area contributed by atoms with Gasteiger partial charge < -0.3 is 14.8 Å². The summed E-state index contributed by atoms with van der Waals surface area (Å²) in [7, 11) is 0. The summed E-state index contributed by atoms with van der Waals surface area (Å²) in [6, 6.07) is 0.405. The van der Waals surface area contributed by atoms with E-state index < -0.39 is 0 Å². The van der Waals surface area contributed by atoms with Gasteiger partial charge in [-0.25, -0.2) is 0 Å². The molecule has 1 rings (SSSR count). The average molecular weight is 257 g/mol. The monoisotopic (exact) mass is 257 g/mol. The van der Waals surface area contributed by atoms with Crippen molar-refractivity contribution in [1.82, 2.24) is 5.32 Å². The van der Waals surface area contributed by atoms with Crippen LogP contribution in [-0.2, 0) is 9.47 Å². The average Bonchev–Trinajstić information content (AvgIpc) is 2.54. The lowest BCUT2D eigenvalue weighted by atomic mass is 9.83. The van der Waals surface area contributed by atoms with Crippen LogP contribution in [0.4, 0.5) is 0 Å². The number of nitrogens with one attached hydrogen (secondary N) is 1. The van der Waals surface area contributed by atoms with Gasteiger partial charge in [0.05, 0.1) is 24.9 Å². The highest BCUT2D eigenvalue weighted by molar-refractivity contribution is 4.91. The molecule has 0 aromatic heterocycles. The van der Waals surface area contributed by atoms with Crippen molar-refractivity contribution >= 4 is 0 Å². The maximum Gasteiger partial charge on any atom is 0.0626 e. The zero-order valence-corrected chi connectivity index (χ0v) is 12.9. The van der Waals surface area contributed by atoms with Crippen molar-refractivity contribution in [2.24, 2.45) is 11.8 Å². The van der Waals surface area contributed by atoms with Crippen LogP contribution in [0.2, 0.25) is 0 Å². The van der Waals surface area contributed by atoms with Crippen molar-refractivity contribution in [3.63, 3.8) is 0 Å². The van der Waals surface area contributed by atoms with E-state index in [1.54, 1.807) is 0 Å². The van der Waals surface area contributed by atoms with E-state index in [0.29, 0.717) is 36.2 Å². The van der Waals surface area contributed by atoms with Crippen LogP contribution in [0.1, 0.15) is 48.0 Å². The summed E-state index contributed by atoms with van der Waals surface area (Å²) in [5, 5.41) is 3.64. The Morgan fingerprint density at radius 2 is 1.83 bits per heavy atom. The molecule has 1 heterocycles. The summed E-state index contributed by atoms with van der Waals surface area (Å²) < 4.78 is 11.8. The van der Waals surface area contributed by atoms with Gasteiger partial charge >= 0.3 is 0 Å². The van der Waals surface area contributed by atoms with Gasteiger partial charge in [0.2, 0.25) is 0 Å². The molecule has 0 aromatic rings. The predicted octanol–water partition coefficient (Wildman–Crippen LogP) is 2.84. The van der Waals surface area contributed by atoms with E-state index in [9.17, 15) is 0 Å². The lowest BCUT2D eigenvalue weighted by Gasteiger charge is -2.30. The van der Waals surface area contributed by atoms with Crippen molar-refractivity contribution < 1.29 is 9.47 Å². The van der Waals surface area contributed by atoms with Crippen LogP contribution in [0.15, 0.2) is 0 Å². The molecule has 18 heavy (non-hydrogen) atoms. The van der Waals surface area contributed by atoms with Gasteiger partial charge in [-0.3, -0.25) is 0 Å². The largest absolute Gasteiger partial charge is 0.377 e. The zero-order valence-electron chi connectivity index (χ0n) is 12.9. The minimum absolute atomic E-state index is 0.293. The Hall–Kier alpha value is -0.120. The Bertz CT molecular complexity index is 233. The molecule has 3 nitrogen and oxygen atoms in total. The Labute approximate surface area is 113 Å². The van der Waals surface area contributed by atoms with Crippen molar-refractivity contribution in [2.75, 3.05) is 13.2 Å². The second kappa shape index (κ2) is 7.46. The molecule has 5 unspecified atom stereocenters. The SMILES string of the molecule is CCCNC(COC(C)C)C1C(C)OC(C)C1C. The van der Waals surface area contributed by atoms with E-state index in [1.165, 1.54) is 0 Å². The molecule has 0 aliphatic carbocycles. The van der Waals surface area contributed by atoms with Gasteiger partial charge in [0.25, 0.3) is 0 Å². The maximum atomic E-state index is 5.96. The van der Waals surface area contributed by atoms with Crippen LogP contribution in [0.5, 0.6) is 0 Å².